The van der Waals surface area contributed by atoms with E-state index >= 15 is 0 Å². The van der Waals surface area contributed by atoms with E-state index in [1.54, 1.807) is 25.9 Å². The number of likely N-dealkylation sites (tertiary alicyclic amines) is 1. The Morgan fingerprint density at radius 1 is 1.23 bits per heavy atom. The summed E-state index contributed by atoms with van der Waals surface area (Å²) in [4.78, 5) is 42.5. The molecule has 3 rings (SSSR count). The Balaban J connectivity index is 1.85. The summed E-state index contributed by atoms with van der Waals surface area (Å²) in [5.74, 6) is -0.691. The van der Waals surface area contributed by atoms with Crippen LogP contribution in [0.25, 0.3) is 11.1 Å². The lowest BCUT2D eigenvalue weighted by Crippen LogP contribution is -2.45. The molecule has 31 heavy (non-hydrogen) atoms. The number of rotatable bonds is 7. The zero-order valence-corrected chi connectivity index (χ0v) is 19.3. The number of aryl methyl sites for hydroxylation is 1. The van der Waals surface area contributed by atoms with Gasteiger partial charge in [0.2, 0.25) is 11.8 Å². The van der Waals surface area contributed by atoms with Crippen LogP contribution < -0.4 is 5.32 Å². The largest absolute Gasteiger partial charge is 0.462 e. The topological polar surface area (TPSA) is 79.0 Å². The standard InChI is InChI=1S/C23H29N3O4S/c1-5-30-23(29)20-19(16-10-7-6-8-11-16)15(2)31-21(20)24-18(27)14-26-13-9-12-17(26)22(28)25(3)4/h6-8,10-11,17H,5,9,12-14H2,1-4H3,(H,24,27). The highest BCUT2D eigenvalue weighted by molar-refractivity contribution is 7.17. The van der Waals surface area contributed by atoms with Crippen molar-refractivity contribution in [3.05, 3.63) is 40.8 Å². The van der Waals surface area contributed by atoms with E-state index in [1.165, 1.54) is 11.3 Å². The summed E-state index contributed by atoms with van der Waals surface area (Å²) >= 11 is 1.36. The first-order valence-corrected chi connectivity index (χ1v) is 11.3. The summed E-state index contributed by atoms with van der Waals surface area (Å²) in [6.07, 6.45) is 1.62. The Morgan fingerprint density at radius 2 is 1.94 bits per heavy atom. The average molecular weight is 444 g/mol. The first kappa shape index (κ1) is 23.0. The van der Waals surface area contributed by atoms with Gasteiger partial charge < -0.3 is 15.0 Å². The molecule has 1 saturated heterocycles. The molecule has 7 nitrogen and oxygen atoms in total. The van der Waals surface area contributed by atoms with Crippen LogP contribution >= 0.6 is 11.3 Å². The van der Waals surface area contributed by atoms with Crippen LogP contribution in [0, 0.1) is 6.92 Å². The quantitative estimate of drug-likeness (QED) is 0.664. The normalized spacial score (nSPS) is 16.2. The fourth-order valence-electron chi connectivity index (χ4n) is 3.93. The average Bonchev–Trinajstić information content (AvgIpc) is 3.31. The molecular weight excluding hydrogens is 414 g/mol. The molecule has 1 atom stereocenters. The summed E-state index contributed by atoms with van der Waals surface area (Å²) in [7, 11) is 3.45. The number of ether oxygens (including phenoxy) is 1. The lowest BCUT2D eigenvalue weighted by atomic mass is 10.0. The molecule has 166 valence electrons. The predicted molar refractivity (Wildman–Crippen MR) is 122 cm³/mol. The van der Waals surface area contributed by atoms with Crippen molar-refractivity contribution in [2.75, 3.05) is 39.1 Å². The number of thiophene rings is 1. The third-order valence-electron chi connectivity index (χ3n) is 5.32. The lowest BCUT2D eigenvalue weighted by Gasteiger charge is -2.25. The molecule has 0 bridgehead atoms. The lowest BCUT2D eigenvalue weighted by molar-refractivity contribution is -0.133. The number of amides is 2. The van der Waals surface area contributed by atoms with Crippen LogP contribution in [0.15, 0.2) is 30.3 Å². The Morgan fingerprint density at radius 3 is 2.58 bits per heavy atom. The summed E-state index contributed by atoms with van der Waals surface area (Å²) in [5.41, 5.74) is 2.06. The number of likely N-dealkylation sites (N-methyl/N-ethyl adjacent to an activating group) is 1. The van der Waals surface area contributed by atoms with Crippen LogP contribution in [0.2, 0.25) is 0 Å². The van der Waals surface area contributed by atoms with Crippen molar-refractivity contribution in [2.45, 2.75) is 32.7 Å². The van der Waals surface area contributed by atoms with Gasteiger partial charge in [0, 0.05) is 24.5 Å². The van der Waals surface area contributed by atoms with Crippen molar-refractivity contribution in [1.29, 1.82) is 0 Å². The molecule has 1 aromatic heterocycles. The van der Waals surface area contributed by atoms with Gasteiger partial charge in [0.05, 0.1) is 19.2 Å². The number of nitrogens with zero attached hydrogens (tertiary/aromatic N) is 2. The van der Waals surface area contributed by atoms with Crippen molar-refractivity contribution < 1.29 is 19.1 Å². The predicted octanol–water partition coefficient (Wildman–Crippen LogP) is 3.39. The van der Waals surface area contributed by atoms with E-state index in [1.807, 2.05) is 42.2 Å². The first-order chi connectivity index (χ1) is 14.8. The highest BCUT2D eigenvalue weighted by Crippen LogP contribution is 2.40. The van der Waals surface area contributed by atoms with Crippen LogP contribution in [0.1, 0.15) is 35.0 Å². The molecule has 1 fully saturated rings. The fourth-order valence-corrected chi connectivity index (χ4v) is 5.01. The van der Waals surface area contributed by atoms with Crippen LogP contribution in [-0.4, -0.2) is 67.4 Å². The fraction of sp³-hybridized carbons (Fsp3) is 0.435. The maximum absolute atomic E-state index is 12.9. The highest BCUT2D eigenvalue weighted by atomic mass is 32.1. The second-order valence-electron chi connectivity index (χ2n) is 7.73. The number of carbonyl (C=O) groups excluding carboxylic acids is 3. The van der Waals surface area contributed by atoms with Gasteiger partial charge in [-0.15, -0.1) is 11.3 Å². The molecule has 8 heteroatoms. The molecule has 2 heterocycles. The number of esters is 1. The van der Waals surface area contributed by atoms with Gasteiger partial charge in [-0.3, -0.25) is 14.5 Å². The van der Waals surface area contributed by atoms with Gasteiger partial charge in [0.25, 0.3) is 0 Å². The highest BCUT2D eigenvalue weighted by Gasteiger charge is 2.33. The minimum atomic E-state index is -0.456. The summed E-state index contributed by atoms with van der Waals surface area (Å²) in [6.45, 7) is 4.73. The van der Waals surface area contributed by atoms with Gasteiger partial charge >= 0.3 is 5.97 Å². The van der Waals surface area contributed by atoms with Gasteiger partial charge in [-0.1, -0.05) is 30.3 Å². The number of carbonyl (C=O) groups is 3. The van der Waals surface area contributed by atoms with Crippen molar-refractivity contribution >= 4 is 34.1 Å². The Bertz CT molecular complexity index is 955. The van der Waals surface area contributed by atoms with Gasteiger partial charge in [-0.25, -0.2) is 4.79 Å². The maximum atomic E-state index is 12.9. The Kier molecular flexibility index (Phi) is 7.46. The number of hydrogen-bond acceptors (Lipinski definition) is 6. The van der Waals surface area contributed by atoms with E-state index in [0.29, 0.717) is 17.1 Å². The van der Waals surface area contributed by atoms with Crippen LogP contribution in [0.4, 0.5) is 5.00 Å². The maximum Gasteiger partial charge on any atom is 0.341 e. The number of hydrogen-bond donors (Lipinski definition) is 1. The molecule has 1 N–H and O–H groups in total. The molecule has 0 saturated carbocycles. The summed E-state index contributed by atoms with van der Waals surface area (Å²) in [6, 6.07) is 9.33. The van der Waals surface area contributed by atoms with Crippen LogP contribution in [-0.2, 0) is 14.3 Å². The third kappa shape index (κ3) is 5.14. The SMILES string of the molecule is CCOC(=O)c1c(NC(=O)CN2CCCC2C(=O)N(C)C)sc(C)c1-c1ccccc1. The third-order valence-corrected chi connectivity index (χ3v) is 6.34. The Hall–Kier alpha value is -2.71. The van der Waals surface area contributed by atoms with Crippen molar-refractivity contribution in [2.24, 2.45) is 0 Å². The van der Waals surface area contributed by atoms with E-state index in [0.717, 1.165) is 28.8 Å². The van der Waals surface area contributed by atoms with Crippen molar-refractivity contribution in [3.63, 3.8) is 0 Å². The minimum Gasteiger partial charge on any atom is -0.462 e. The summed E-state index contributed by atoms with van der Waals surface area (Å²) < 4.78 is 5.29. The second-order valence-corrected chi connectivity index (χ2v) is 8.96. The summed E-state index contributed by atoms with van der Waals surface area (Å²) in [5, 5.41) is 3.39. The molecule has 1 unspecified atom stereocenters. The van der Waals surface area contributed by atoms with Gasteiger partial charge in [-0.05, 0) is 38.8 Å². The number of anilines is 1. The van der Waals surface area contributed by atoms with E-state index in [2.05, 4.69) is 5.32 Å². The molecule has 2 amide bonds. The Labute approximate surface area is 187 Å². The molecule has 0 aliphatic carbocycles. The van der Waals surface area contributed by atoms with Crippen LogP contribution in [0.5, 0.6) is 0 Å². The smallest absolute Gasteiger partial charge is 0.341 e. The minimum absolute atomic E-state index is 0.0100. The zero-order chi connectivity index (χ0) is 22.5. The van der Waals surface area contributed by atoms with Crippen LogP contribution in [0.3, 0.4) is 0 Å². The molecule has 1 aromatic carbocycles. The first-order valence-electron chi connectivity index (χ1n) is 10.4. The zero-order valence-electron chi connectivity index (χ0n) is 18.4. The van der Waals surface area contributed by atoms with E-state index in [4.69, 9.17) is 4.74 Å². The van der Waals surface area contributed by atoms with Crippen molar-refractivity contribution in [1.82, 2.24) is 9.80 Å². The van der Waals surface area contributed by atoms with E-state index in [-0.39, 0.29) is 31.0 Å². The molecule has 1 aliphatic rings. The van der Waals surface area contributed by atoms with E-state index in [9.17, 15) is 14.4 Å². The van der Waals surface area contributed by atoms with Gasteiger partial charge in [-0.2, -0.15) is 0 Å². The van der Waals surface area contributed by atoms with Gasteiger partial charge in [0.1, 0.15) is 10.6 Å². The number of nitrogens with one attached hydrogen (secondary N) is 1. The molecular formula is C23H29N3O4S. The molecule has 1 aliphatic heterocycles. The molecule has 2 aromatic rings. The van der Waals surface area contributed by atoms with Crippen molar-refractivity contribution in [3.8, 4) is 11.1 Å². The molecule has 0 radical (unpaired) electrons. The second kappa shape index (κ2) is 10.1. The van der Waals surface area contributed by atoms with Gasteiger partial charge in [0.15, 0.2) is 0 Å². The molecule has 0 spiro atoms. The monoisotopic (exact) mass is 443 g/mol. The van der Waals surface area contributed by atoms with E-state index < -0.39 is 5.97 Å². The number of benzene rings is 1.